The van der Waals surface area contributed by atoms with Crippen LogP contribution in [0.5, 0.6) is 0 Å². The molecule has 0 saturated carbocycles. The zero-order valence-corrected chi connectivity index (χ0v) is 9.17. The predicted molar refractivity (Wildman–Crippen MR) is 59.7 cm³/mol. The van der Waals surface area contributed by atoms with Crippen molar-refractivity contribution in [3.63, 3.8) is 0 Å². The molecule has 0 bridgehead atoms. The predicted octanol–water partition coefficient (Wildman–Crippen LogP) is 3.39. The van der Waals surface area contributed by atoms with Crippen LogP contribution in [0.25, 0.3) is 10.2 Å². The van der Waals surface area contributed by atoms with Crippen LogP contribution < -0.4 is 0 Å². The van der Waals surface area contributed by atoms with Gasteiger partial charge in [0, 0.05) is 6.61 Å². The fourth-order valence-electron chi connectivity index (χ4n) is 1.39. The Morgan fingerprint density at radius 1 is 1.43 bits per heavy atom. The molecule has 74 valence electrons. The summed E-state index contributed by atoms with van der Waals surface area (Å²) in [4.78, 5) is 4.52. The van der Waals surface area contributed by atoms with E-state index in [1.54, 1.807) is 11.3 Å². The summed E-state index contributed by atoms with van der Waals surface area (Å²) in [6.45, 7) is 4.78. The van der Waals surface area contributed by atoms with Gasteiger partial charge in [-0.25, -0.2) is 4.98 Å². The molecule has 0 radical (unpaired) electrons. The summed E-state index contributed by atoms with van der Waals surface area (Å²) >= 11 is 1.71. The summed E-state index contributed by atoms with van der Waals surface area (Å²) in [6.07, 6.45) is 0.109. The zero-order valence-electron chi connectivity index (χ0n) is 8.36. The Morgan fingerprint density at radius 2 is 2.21 bits per heavy atom. The minimum absolute atomic E-state index is 0.109. The van der Waals surface area contributed by atoms with E-state index >= 15 is 0 Å². The van der Waals surface area contributed by atoms with E-state index in [0.29, 0.717) is 0 Å². The summed E-state index contributed by atoms with van der Waals surface area (Å²) in [6, 6.07) is 8.18. The second-order valence-corrected chi connectivity index (χ2v) is 4.18. The molecule has 1 heterocycles. The maximum absolute atomic E-state index is 5.51. The third-order valence-electron chi connectivity index (χ3n) is 2.07. The number of hydrogen-bond donors (Lipinski definition) is 0. The Bertz CT molecular complexity index is 391. The molecule has 2 aromatic rings. The first kappa shape index (κ1) is 9.62. The summed E-state index contributed by atoms with van der Waals surface area (Å²) in [7, 11) is 0. The zero-order chi connectivity index (χ0) is 9.97. The van der Waals surface area contributed by atoms with Gasteiger partial charge in [0.15, 0.2) is 0 Å². The van der Waals surface area contributed by atoms with Crippen LogP contribution in [0.15, 0.2) is 24.3 Å². The topological polar surface area (TPSA) is 22.1 Å². The SMILES string of the molecule is CCO[C@H](C)c1nc2ccccc2s1. The molecule has 0 fully saturated rings. The lowest BCUT2D eigenvalue weighted by Crippen LogP contribution is -1.97. The van der Waals surface area contributed by atoms with E-state index in [4.69, 9.17) is 4.74 Å². The number of rotatable bonds is 3. The number of benzene rings is 1. The summed E-state index contributed by atoms with van der Waals surface area (Å²) in [5.74, 6) is 0. The van der Waals surface area contributed by atoms with Crippen LogP contribution in [0.2, 0.25) is 0 Å². The Balaban J connectivity index is 2.35. The number of hydrogen-bond acceptors (Lipinski definition) is 3. The van der Waals surface area contributed by atoms with Crippen molar-refractivity contribution in [3.05, 3.63) is 29.3 Å². The Morgan fingerprint density at radius 3 is 2.93 bits per heavy atom. The van der Waals surface area contributed by atoms with Gasteiger partial charge in [-0.3, -0.25) is 0 Å². The van der Waals surface area contributed by atoms with Crippen LogP contribution >= 0.6 is 11.3 Å². The second kappa shape index (κ2) is 4.07. The number of aromatic nitrogens is 1. The van der Waals surface area contributed by atoms with Crippen molar-refractivity contribution in [3.8, 4) is 0 Å². The van der Waals surface area contributed by atoms with E-state index in [1.807, 2.05) is 32.0 Å². The van der Waals surface area contributed by atoms with Gasteiger partial charge >= 0.3 is 0 Å². The lowest BCUT2D eigenvalue weighted by molar-refractivity contribution is 0.0763. The smallest absolute Gasteiger partial charge is 0.122 e. The van der Waals surface area contributed by atoms with Crippen molar-refractivity contribution in [1.82, 2.24) is 4.98 Å². The molecule has 0 spiro atoms. The molecule has 3 heteroatoms. The normalized spacial score (nSPS) is 13.3. The van der Waals surface area contributed by atoms with E-state index in [9.17, 15) is 0 Å². The standard InChI is InChI=1S/C11H13NOS/c1-3-13-8(2)11-12-9-6-4-5-7-10(9)14-11/h4-8H,3H2,1-2H3/t8-/m1/s1. The summed E-state index contributed by atoms with van der Waals surface area (Å²) < 4.78 is 6.74. The highest BCUT2D eigenvalue weighted by molar-refractivity contribution is 7.18. The van der Waals surface area contributed by atoms with Crippen LogP contribution in [0.4, 0.5) is 0 Å². The molecule has 0 unspecified atom stereocenters. The lowest BCUT2D eigenvalue weighted by atomic mass is 10.3. The van der Waals surface area contributed by atoms with Gasteiger partial charge in [0.2, 0.25) is 0 Å². The number of ether oxygens (including phenoxy) is 1. The molecule has 0 aliphatic heterocycles. The number of thiazole rings is 1. The van der Waals surface area contributed by atoms with Gasteiger partial charge < -0.3 is 4.74 Å². The van der Waals surface area contributed by atoms with Crippen LogP contribution in [-0.2, 0) is 4.74 Å². The van der Waals surface area contributed by atoms with E-state index in [0.717, 1.165) is 17.1 Å². The van der Waals surface area contributed by atoms with Crippen molar-refractivity contribution < 1.29 is 4.74 Å². The highest BCUT2D eigenvalue weighted by Crippen LogP contribution is 2.27. The fraction of sp³-hybridized carbons (Fsp3) is 0.364. The molecule has 2 rings (SSSR count). The Labute approximate surface area is 87.5 Å². The lowest BCUT2D eigenvalue weighted by Gasteiger charge is -2.06. The van der Waals surface area contributed by atoms with Gasteiger partial charge in [-0.05, 0) is 26.0 Å². The molecule has 0 amide bonds. The minimum Gasteiger partial charge on any atom is -0.372 e. The third-order valence-corrected chi connectivity index (χ3v) is 3.27. The maximum atomic E-state index is 5.51. The van der Waals surface area contributed by atoms with E-state index in [1.165, 1.54) is 4.70 Å². The monoisotopic (exact) mass is 207 g/mol. The molecule has 1 aromatic heterocycles. The molecule has 0 aliphatic rings. The van der Waals surface area contributed by atoms with Gasteiger partial charge in [0.05, 0.1) is 10.2 Å². The number of para-hydroxylation sites is 1. The van der Waals surface area contributed by atoms with Crippen LogP contribution in [-0.4, -0.2) is 11.6 Å². The molecular weight excluding hydrogens is 194 g/mol. The van der Waals surface area contributed by atoms with Gasteiger partial charge in [-0.2, -0.15) is 0 Å². The van der Waals surface area contributed by atoms with E-state index < -0.39 is 0 Å². The van der Waals surface area contributed by atoms with Crippen LogP contribution in [0.3, 0.4) is 0 Å². The Kier molecular flexibility index (Phi) is 2.79. The van der Waals surface area contributed by atoms with Crippen molar-refractivity contribution in [2.24, 2.45) is 0 Å². The average Bonchev–Trinajstić information content (AvgIpc) is 2.61. The average molecular weight is 207 g/mol. The molecule has 2 nitrogen and oxygen atoms in total. The van der Waals surface area contributed by atoms with Gasteiger partial charge in [0.1, 0.15) is 11.1 Å². The van der Waals surface area contributed by atoms with Crippen LogP contribution in [0.1, 0.15) is 25.0 Å². The molecule has 14 heavy (non-hydrogen) atoms. The highest BCUT2D eigenvalue weighted by Gasteiger charge is 2.10. The first-order valence-corrected chi connectivity index (χ1v) is 5.60. The second-order valence-electron chi connectivity index (χ2n) is 3.12. The molecule has 1 aromatic carbocycles. The van der Waals surface area contributed by atoms with Gasteiger partial charge in [-0.1, -0.05) is 12.1 Å². The molecule has 0 aliphatic carbocycles. The fourth-order valence-corrected chi connectivity index (χ4v) is 2.35. The highest BCUT2D eigenvalue weighted by atomic mass is 32.1. The number of nitrogens with zero attached hydrogens (tertiary/aromatic N) is 1. The Hall–Kier alpha value is -0.930. The third kappa shape index (κ3) is 1.79. The van der Waals surface area contributed by atoms with Gasteiger partial charge in [0.25, 0.3) is 0 Å². The quantitative estimate of drug-likeness (QED) is 0.769. The minimum atomic E-state index is 0.109. The maximum Gasteiger partial charge on any atom is 0.122 e. The molecule has 0 saturated heterocycles. The molecule has 1 atom stereocenters. The van der Waals surface area contributed by atoms with Crippen molar-refractivity contribution in [2.75, 3.05) is 6.61 Å². The van der Waals surface area contributed by atoms with Crippen molar-refractivity contribution in [2.45, 2.75) is 20.0 Å². The van der Waals surface area contributed by atoms with Crippen molar-refractivity contribution in [1.29, 1.82) is 0 Å². The largest absolute Gasteiger partial charge is 0.372 e. The molecular formula is C11H13NOS. The summed E-state index contributed by atoms with van der Waals surface area (Å²) in [5.41, 5.74) is 1.07. The first-order valence-electron chi connectivity index (χ1n) is 4.78. The van der Waals surface area contributed by atoms with Crippen molar-refractivity contribution >= 4 is 21.6 Å². The van der Waals surface area contributed by atoms with Gasteiger partial charge in [-0.15, -0.1) is 11.3 Å². The first-order chi connectivity index (χ1) is 6.81. The number of fused-ring (bicyclic) bond motifs is 1. The summed E-state index contributed by atoms with van der Waals surface area (Å²) in [5, 5.41) is 1.06. The molecule has 0 N–H and O–H groups in total. The van der Waals surface area contributed by atoms with Crippen LogP contribution in [0, 0.1) is 0 Å². The van der Waals surface area contributed by atoms with E-state index in [2.05, 4.69) is 11.1 Å². The van der Waals surface area contributed by atoms with E-state index in [-0.39, 0.29) is 6.10 Å².